The summed E-state index contributed by atoms with van der Waals surface area (Å²) in [6, 6.07) is 7.29. The Morgan fingerprint density at radius 3 is 2.31 bits per heavy atom. The fourth-order valence-electron chi connectivity index (χ4n) is 1.09. The van der Waals surface area contributed by atoms with Gasteiger partial charge in [0.2, 0.25) is 0 Å². The lowest BCUT2D eigenvalue weighted by Crippen LogP contribution is -3.02. The van der Waals surface area contributed by atoms with Gasteiger partial charge >= 0.3 is 0 Å². The summed E-state index contributed by atoms with van der Waals surface area (Å²) in [6.07, 6.45) is 1.64. The quantitative estimate of drug-likeness (QED) is 0.693. The van der Waals surface area contributed by atoms with Gasteiger partial charge in [-0.2, -0.15) is 0 Å². The molecule has 0 saturated heterocycles. The number of quaternary nitrogens is 1. The van der Waals surface area contributed by atoms with E-state index in [2.05, 4.69) is 0 Å². The number of nitrogens with one attached hydrogen (secondary N) is 1. The summed E-state index contributed by atoms with van der Waals surface area (Å²) in [7, 11) is 0.627. The summed E-state index contributed by atoms with van der Waals surface area (Å²) in [5.41, 5.74) is 0.974. The minimum atomic E-state index is -0.935. The van der Waals surface area contributed by atoms with Crippen molar-refractivity contribution >= 4 is 10.8 Å². The van der Waals surface area contributed by atoms with Crippen molar-refractivity contribution in [3.8, 4) is 0 Å². The van der Waals surface area contributed by atoms with Crippen molar-refractivity contribution in [2.45, 2.75) is 11.4 Å². The Bertz CT molecular complexity index is 295. The molecule has 1 N–H and O–H groups in total. The second-order valence-corrected chi connectivity index (χ2v) is 4.36. The van der Waals surface area contributed by atoms with Gasteiger partial charge < -0.3 is 10.3 Å². The molecule has 0 aliphatic carbocycles. The lowest BCUT2D eigenvalue weighted by Gasteiger charge is -2.15. The van der Waals surface area contributed by atoms with E-state index in [0.717, 1.165) is 10.5 Å². The maximum absolute atomic E-state index is 11.0. The van der Waals surface area contributed by atoms with Gasteiger partial charge in [-0.1, -0.05) is 12.1 Å². The van der Waals surface area contributed by atoms with Crippen LogP contribution in [-0.2, 0) is 17.3 Å². The highest BCUT2D eigenvalue weighted by Gasteiger charge is 1.98. The maximum Gasteiger partial charge on any atom is 0.102 e. The SMILES string of the molecule is C[NH+]([O-])Cc1ccc(S(C)=O)cc1. The zero-order valence-electron chi connectivity index (χ0n) is 7.74. The normalized spacial score (nSPS) is 15.3. The molecule has 1 aromatic carbocycles. The number of hydrogen-bond donors (Lipinski definition) is 1. The predicted molar refractivity (Wildman–Crippen MR) is 52.7 cm³/mol. The van der Waals surface area contributed by atoms with Gasteiger partial charge in [0.25, 0.3) is 0 Å². The average Bonchev–Trinajstić information content (AvgIpc) is 2.04. The first-order chi connectivity index (χ1) is 6.09. The van der Waals surface area contributed by atoms with Crippen LogP contribution >= 0.6 is 0 Å². The Morgan fingerprint density at radius 1 is 1.38 bits per heavy atom. The number of rotatable bonds is 3. The highest BCUT2D eigenvalue weighted by atomic mass is 32.2. The molecule has 13 heavy (non-hydrogen) atoms. The molecule has 0 heterocycles. The average molecular weight is 199 g/mol. The van der Waals surface area contributed by atoms with Crippen LogP contribution in [0.4, 0.5) is 0 Å². The number of benzene rings is 1. The first kappa shape index (κ1) is 10.4. The van der Waals surface area contributed by atoms with E-state index in [-0.39, 0.29) is 5.06 Å². The molecule has 2 unspecified atom stereocenters. The van der Waals surface area contributed by atoms with Crippen molar-refractivity contribution in [3.05, 3.63) is 35.0 Å². The fourth-order valence-corrected chi connectivity index (χ4v) is 1.61. The van der Waals surface area contributed by atoms with E-state index in [1.807, 2.05) is 12.1 Å². The van der Waals surface area contributed by atoms with Crippen LogP contribution in [0.2, 0.25) is 0 Å². The van der Waals surface area contributed by atoms with Crippen LogP contribution in [0, 0.1) is 5.21 Å². The molecule has 0 aromatic heterocycles. The molecule has 4 heteroatoms. The zero-order valence-corrected chi connectivity index (χ0v) is 8.56. The van der Waals surface area contributed by atoms with Crippen molar-refractivity contribution in [1.82, 2.24) is 0 Å². The van der Waals surface area contributed by atoms with E-state index in [0.29, 0.717) is 6.54 Å². The molecule has 1 aromatic rings. The van der Waals surface area contributed by atoms with Crippen LogP contribution in [0.3, 0.4) is 0 Å². The topological polar surface area (TPSA) is 44.6 Å². The van der Waals surface area contributed by atoms with Crippen molar-refractivity contribution in [3.63, 3.8) is 0 Å². The predicted octanol–water partition coefficient (Wildman–Crippen LogP) is -0.0635. The monoisotopic (exact) mass is 199 g/mol. The van der Waals surface area contributed by atoms with Gasteiger partial charge in [0.15, 0.2) is 0 Å². The third-order valence-electron chi connectivity index (χ3n) is 1.71. The van der Waals surface area contributed by atoms with Gasteiger partial charge in [0.05, 0.1) is 7.05 Å². The molecule has 0 saturated carbocycles. The Morgan fingerprint density at radius 2 is 1.92 bits per heavy atom. The standard InChI is InChI=1S/C9H13NO2S/c1-10(11)7-8-3-5-9(6-4-8)13(2)12/h3-6,10H,7H2,1-2H3. The lowest BCUT2D eigenvalue weighted by molar-refractivity contribution is -0.840. The van der Waals surface area contributed by atoms with Crippen LogP contribution in [0.25, 0.3) is 0 Å². The molecule has 72 valence electrons. The van der Waals surface area contributed by atoms with E-state index >= 15 is 0 Å². The molecule has 2 atom stereocenters. The molecule has 0 aliphatic heterocycles. The summed E-state index contributed by atoms with van der Waals surface area (Å²) in [5, 5.41) is 10.9. The van der Waals surface area contributed by atoms with Crippen LogP contribution < -0.4 is 5.06 Å². The number of hydrogen-bond acceptors (Lipinski definition) is 2. The van der Waals surface area contributed by atoms with Crippen molar-refractivity contribution in [1.29, 1.82) is 0 Å². The smallest absolute Gasteiger partial charge is 0.102 e. The van der Waals surface area contributed by atoms with E-state index in [4.69, 9.17) is 0 Å². The van der Waals surface area contributed by atoms with Crippen molar-refractivity contribution in [2.24, 2.45) is 0 Å². The summed E-state index contributed by atoms with van der Waals surface area (Å²) in [6.45, 7) is 0.455. The molecule has 3 nitrogen and oxygen atoms in total. The largest absolute Gasteiger partial charge is 0.634 e. The molecule has 1 rings (SSSR count). The first-order valence-electron chi connectivity index (χ1n) is 4.01. The molecular weight excluding hydrogens is 186 g/mol. The van der Waals surface area contributed by atoms with Gasteiger partial charge in [0, 0.05) is 27.5 Å². The maximum atomic E-state index is 11.0. The van der Waals surface area contributed by atoms with Gasteiger partial charge in [-0.15, -0.1) is 0 Å². The Balaban J connectivity index is 2.75. The van der Waals surface area contributed by atoms with Gasteiger partial charge in [-0.3, -0.25) is 4.21 Å². The molecule has 0 fully saturated rings. The summed E-state index contributed by atoms with van der Waals surface area (Å²) in [5.74, 6) is 0. The van der Waals surface area contributed by atoms with E-state index in [1.165, 1.54) is 0 Å². The third-order valence-corrected chi connectivity index (χ3v) is 2.64. The Labute approximate surface area is 80.4 Å². The second-order valence-electron chi connectivity index (χ2n) is 2.98. The van der Waals surface area contributed by atoms with E-state index in [9.17, 15) is 9.42 Å². The molecule has 0 aliphatic rings. The summed E-state index contributed by atoms with van der Waals surface area (Å²) >= 11 is 0. The van der Waals surface area contributed by atoms with Gasteiger partial charge in [-0.25, -0.2) is 0 Å². The third kappa shape index (κ3) is 3.26. The highest BCUT2D eigenvalue weighted by Crippen LogP contribution is 2.06. The first-order valence-corrected chi connectivity index (χ1v) is 5.57. The summed E-state index contributed by atoms with van der Waals surface area (Å²) < 4.78 is 11.0. The van der Waals surface area contributed by atoms with Crippen LogP contribution in [-0.4, -0.2) is 17.5 Å². The van der Waals surface area contributed by atoms with Crippen molar-refractivity contribution < 1.29 is 9.27 Å². The van der Waals surface area contributed by atoms with Crippen LogP contribution in [0.5, 0.6) is 0 Å². The van der Waals surface area contributed by atoms with E-state index in [1.54, 1.807) is 25.4 Å². The second kappa shape index (κ2) is 4.50. The summed E-state index contributed by atoms with van der Waals surface area (Å²) in [4.78, 5) is 0.798. The van der Waals surface area contributed by atoms with Gasteiger partial charge in [-0.05, 0) is 12.1 Å². The highest BCUT2D eigenvalue weighted by molar-refractivity contribution is 7.84. The minimum Gasteiger partial charge on any atom is -0.634 e. The van der Waals surface area contributed by atoms with Crippen LogP contribution in [0.1, 0.15) is 5.56 Å². The lowest BCUT2D eigenvalue weighted by atomic mass is 10.2. The molecule has 0 spiro atoms. The number of hydroxylamine groups is 2. The molecular formula is C9H13NO2S. The molecule has 0 amide bonds. The Hall–Kier alpha value is -0.710. The van der Waals surface area contributed by atoms with Crippen molar-refractivity contribution in [2.75, 3.05) is 13.3 Å². The molecule has 0 radical (unpaired) electrons. The minimum absolute atomic E-state index is 0.144. The zero-order chi connectivity index (χ0) is 9.84. The van der Waals surface area contributed by atoms with E-state index < -0.39 is 10.8 Å². The fraction of sp³-hybridized carbons (Fsp3) is 0.333. The molecule has 0 bridgehead atoms. The Kier molecular flexibility index (Phi) is 3.59. The van der Waals surface area contributed by atoms with Crippen LogP contribution in [0.15, 0.2) is 29.2 Å². The van der Waals surface area contributed by atoms with Gasteiger partial charge in [0.1, 0.15) is 6.54 Å².